The summed E-state index contributed by atoms with van der Waals surface area (Å²) in [5, 5.41) is 22.2. The Labute approximate surface area is 106 Å². The molecule has 0 radical (unpaired) electrons. The molecule has 1 aromatic carbocycles. The fraction of sp³-hybridized carbons (Fsp3) is 0.462. The molecule has 5 nitrogen and oxygen atoms in total. The highest BCUT2D eigenvalue weighted by Gasteiger charge is 2.19. The van der Waals surface area contributed by atoms with Gasteiger partial charge in [0.05, 0.1) is 7.11 Å². The van der Waals surface area contributed by atoms with Crippen molar-refractivity contribution >= 4 is 5.91 Å². The number of hydrogen-bond acceptors (Lipinski definition) is 4. The fourth-order valence-corrected chi connectivity index (χ4v) is 1.65. The molecule has 0 aromatic heterocycles. The minimum atomic E-state index is -1.06. The maximum atomic E-state index is 10.7. The molecule has 5 heteroatoms. The Morgan fingerprint density at radius 1 is 1.39 bits per heavy atom. The molecule has 1 aromatic rings. The quantitative estimate of drug-likeness (QED) is 0.715. The predicted octanol–water partition coefficient (Wildman–Crippen LogP) is 0.534. The molecule has 2 atom stereocenters. The number of aryl methyl sites for hydroxylation is 1. The molecule has 0 saturated carbocycles. The third-order valence-corrected chi connectivity index (χ3v) is 2.58. The summed E-state index contributed by atoms with van der Waals surface area (Å²) in [6.07, 6.45) is -2.12. The van der Waals surface area contributed by atoms with Crippen LogP contribution in [0.5, 0.6) is 5.75 Å². The predicted molar refractivity (Wildman–Crippen MR) is 67.4 cm³/mol. The van der Waals surface area contributed by atoms with Crippen molar-refractivity contribution in [3.63, 3.8) is 0 Å². The van der Waals surface area contributed by atoms with E-state index >= 15 is 0 Å². The first-order valence-corrected chi connectivity index (χ1v) is 5.70. The summed E-state index contributed by atoms with van der Waals surface area (Å²) >= 11 is 0. The van der Waals surface area contributed by atoms with E-state index in [4.69, 9.17) is 4.74 Å². The maximum absolute atomic E-state index is 10.7. The Morgan fingerprint density at radius 2 is 2.06 bits per heavy atom. The summed E-state index contributed by atoms with van der Waals surface area (Å²) in [5.74, 6) is 0.374. The van der Waals surface area contributed by atoms with Crippen molar-refractivity contribution in [1.29, 1.82) is 0 Å². The maximum Gasteiger partial charge on any atom is 0.216 e. The Balaban J connectivity index is 2.79. The van der Waals surface area contributed by atoms with Crippen molar-refractivity contribution in [3.8, 4) is 5.75 Å². The summed E-state index contributed by atoms with van der Waals surface area (Å²) in [4.78, 5) is 10.7. The highest BCUT2D eigenvalue weighted by Crippen LogP contribution is 2.23. The van der Waals surface area contributed by atoms with E-state index in [9.17, 15) is 15.0 Å². The molecule has 3 N–H and O–H groups in total. The number of carbonyl (C=O) groups is 1. The van der Waals surface area contributed by atoms with Gasteiger partial charge in [0, 0.05) is 13.5 Å². The van der Waals surface area contributed by atoms with Crippen LogP contribution in [0.15, 0.2) is 18.2 Å². The van der Waals surface area contributed by atoms with Crippen molar-refractivity contribution in [1.82, 2.24) is 5.32 Å². The third-order valence-electron chi connectivity index (χ3n) is 2.58. The van der Waals surface area contributed by atoms with E-state index in [2.05, 4.69) is 5.32 Å². The van der Waals surface area contributed by atoms with Crippen molar-refractivity contribution in [2.24, 2.45) is 0 Å². The van der Waals surface area contributed by atoms with Crippen LogP contribution in [0.2, 0.25) is 0 Å². The van der Waals surface area contributed by atoms with Crippen molar-refractivity contribution in [3.05, 3.63) is 29.3 Å². The first-order valence-electron chi connectivity index (χ1n) is 5.70. The zero-order valence-corrected chi connectivity index (χ0v) is 10.8. The van der Waals surface area contributed by atoms with E-state index < -0.39 is 12.2 Å². The van der Waals surface area contributed by atoms with Crippen LogP contribution in [0.1, 0.15) is 24.2 Å². The minimum Gasteiger partial charge on any atom is -0.497 e. The highest BCUT2D eigenvalue weighted by atomic mass is 16.5. The van der Waals surface area contributed by atoms with E-state index in [0.29, 0.717) is 11.3 Å². The number of aliphatic hydroxyl groups is 2. The molecular formula is C13H19NO4. The van der Waals surface area contributed by atoms with Gasteiger partial charge in [-0.3, -0.25) is 4.79 Å². The van der Waals surface area contributed by atoms with Gasteiger partial charge in [0.2, 0.25) is 5.91 Å². The Kier molecular flexibility index (Phi) is 5.12. The molecule has 2 unspecified atom stereocenters. The molecule has 0 aliphatic heterocycles. The molecular weight excluding hydrogens is 234 g/mol. The largest absolute Gasteiger partial charge is 0.497 e. The molecule has 1 amide bonds. The van der Waals surface area contributed by atoms with Gasteiger partial charge in [-0.2, -0.15) is 0 Å². The standard InChI is InChI=1S/C13H19NO4/c1-8-4-10(6-11(5-8)18-3)13(17)12(16)7-14-9(2)15/h4-6,12-13,16-17H,7H2,1-3H3,(H,14,15). The van der Waals surface area contributed by atoms with Crippen LogP contribution in [-0.4, -0.2) is 35.9 Å². The monoisotopic (exact) mass is 253 g/mol. The lowest BCUT2D eigenvalue weighted by atomic mass is 10.0. The van der Waals surface area contributed by atoms with Gasteiger partial charge in [-0.05, 0) is 30.2 Å². The zero-order valence-electron chi connectivity index (χ0n) is 10.8. The van der Waals surface area contributed by atoms with Crippen LogP contribution >= 0.6 is 0 Å². The van der Waals surface area contributed by atoms with Crippen molar-refractivity contribution in [2.45, 2.75) is 26.1 Å². The summed E-state index contributed by atoms with van der Waals surface area (Å²) < 4.78 is 5.10. The molecule has 0 bridgehead atoms. The molecule has 0 saturated heterocycles. The van der Waals surface area contributed by atoms with E-state index in [1.165, 1.54) is 6.92 Å². The molecule has 0 spiro atoms. The second kappa shape index (κ2) is 6.37. The van der Waals surface area contributed by atoms with Gasteiger partial charge in [-0.1, -0.05) is 6.07 Å². The summed E-state index contributed by atoms with van der Waals surface area (Å²) in [6, 6.07) is 5.26. The fourth-order valence-electron chi connectivity index (χ4n) is 1.65. The number of benzene rings is 1. The lowest BCUT2D eigenvalue weighted by Gasteiger charge is -2.19. The topological polar surface area (TPSA) is 78.8 Å². The Bertz CT molecular complexity index is 419. The molecule has 1 rings (SSSR count). The van der Waals surface area contributed by atoms with Crippen LogP contribution in [0.3, 0.4) is 0 Å². The first-order chi connectivity index (χ1) is 8.43. The number of carbonyl (C=O) groups excluding carboxylic acids is 1. The number of ether oxygens (including phenoxy) is 1. The average molecular weight is 253 g/mol. The van der Waals surface area contributed by atoms with E-state index in [1.807, 2.05) is 13.0 Å². The Hall–Kier alpha value is -1.59. The van der Waals surface area contributed by atoms with Crippen molar-refractivity contribution < 1.29 is 19.7 Å². The second-order valence-corrected chi connectivity index (χ2v) is 4.23. The number of aliphatic hydroxyl groups excluding tert-OH is 2. The molecule has 0 fully saturated rings. The molecule has 0 aliphatic carbocycles. The van der Waals surface area contributed by atoms with E-state index in [1.54, 1.807) is 19.2 Å². The van der Waals surface area contributed by atoms with Gasteiger partial charge in [-0.25, -0.2) is 0 Å². The Morgan fingerprint density at radius 3 is 2.61 bits per heavy atom. The number of hydrogen-bond donors (Lipinski definition) is 3. The van der Waals surface area contributed by atoms with Crippen molar-refractivity contribution in [2.75, 3.05) is 13.7 Å². The van der Waals surface area contributed by atoms with Crippen LogP contribution in [-0.2, 0) is 4.79 Å². The van der Waals surface area contributed by atoms with Gasteiger partial charge in [-0.15, -0.1) is 0 Å². The number of nitrogens with one attached hydrogen (secondary N) is 1. The van der Waals surface area contributed by atoms with Gasteiger partial charge in [0.15, 0.2) is 0 Å². The van der Waals surface area contributed by atoms with Gasteiger partial charge < -0.3 is 20.3 Å². The van der Waals surface area contributed by atoms with Gasteiger partial charge in [0.25, 0.3) is 0 Å². The number of methoxy groups -OCH3 is 1. The summed E-state index contributed by atoms with van der Waals surface area (Å²) in [6.45, 7) is 3.24. The first kappa shape index (κ1) is 14.5. The van der Waals surface area contributed by atoms with Gasteiger partial charge >= 0.3 is 0 Å². The molecule has 0 heterocycles. The van der Waals surface area contributed by atoms with Crippen LogP contribution in [0, 0.1) is 6.92 Å². The summed E-state index contributed by atoms with van der Waals surface area (Å²) in [5.41, 5.74) is 1.49. The molecule has 0 aliphatic rings. The lowest BCUT2D eigenvalue weighted by molar-refractivity contribution is -0.119. The van der Waals surface area contributed by atoms with Gasteiger partial charge in [0.1, 0.15) is 18.0 Å². The van der Waals surface area contributed by atoms with E-state index in [0.717, 1.165) is 5.56 Å². The highest BCUT2D eigenvalue weighted by molar-refractivity contribution is 5.72. The van der Waals surface area contributed by atoms with Crippen LogP contribution in [0.25, 0.3) is 0 Å². The normalized spacial score (nSPS) is 13.8. The lowest BCUT2D eigenvalue weighted by Crippen LogP contribution is -2.34. The number of rotatable bonds is 5. The van der Waals surface area contributed by atoms with E-state index in [-0.39, 0.29) is 12.5 Å². The SMILES string of the molecule is COc1cc(C)cc(C(O)C(O)CNC(C)=O)c1. The minimum absolute atomic E-state index is 0.00670. The average Bonchev–Trinajstić information content (AvgIpc) is 2.34. The van der Waals surface area contributed by atoms with Crippen LogP contribution < -0.4 is 10.1 Å². The van der Waals surface area contributed by atoms with Crippen LogP contribution in [0.4, 0.5) is 0 Å². The molecule has 18 heavy (non-hydrogen) atoms. The number of amides is 1. The molecule has 100 valence electrons. The summed E-state index contributed by atoms with van der Waals surface area (Å²) in [7, 11) is 1.54. The third kappa shape index (κ3) is 4.01. The smallest absolute Gasteiger partial charge is 0.216 e. The second-order valence-electron chi connectivity index (χ2n) is 4.23. The zero-order chi connectivity index (χ0) is 13.7.